The molecule has 1 aliphatic rings. The second kappa shape index (κ2) is 8.89. The Morgan fingerprint density at radius 1 is 0.966 bits per heavy atom. The maximum Gasteiger partial charge on any atom is 0.200 e. The lowest BCUT2D eigenvalue weighted by Gasteiger charge is -2.14. The summed E-state index contributed by atoms with van der Waals surface area (Å²) in [6.07, 6.45) is 1.90. The predicted octanol–water partition coefficient (Wildman–Crippen LogP) is 6.76. The molecule has 1 heterocycles. The van der Waals surface area contributed by atoms with E-state index in [-0.39, 0.29) is 5.78 Å². The van der Waals surface area contributed by atoms with Crippen molar-refractivity contribution in [3.63, 3.8) is 0 Å². The number of ketones is 1. The summed E-state index contributed by atoms with van der Waals surface area (Å²) in [5.41, 5.74) is 2.72. The third-order valence-electron chi connectivity index (χ3n) is 4.46. The maximum atomic E-state index is 12.7. The van der Waals surface area contributed by atoms with Gasteiger partial charge in [0.05, 0.1) is 11.5 Å². The first-order chi connectivity index (χ1) is 14.2. The largest absolute Gasteiger partial charge is 0.490 e. The topological polar surface area (TPSA) is 35.5 Å². The van der Waals surface area contributed by atoms with E-state index in [0.717, 1.165) is 26.1 Å². The van der Waals surface area contributed by atoms with Crippen molar-refractivity contribution in [3.05, 3.63) is 92.8 Å². The Morgan fingerprint density at radius 3 is 2.45 bits per heavy atom. The molecule has 0 bridgehead atoms. The van der Waals surface area contributed by atoms with Crippen LogP contribution in [0, 0.1) is 0 Å². The Hall–Kier alpha value is -2.50. The summed E-state index contributed by atoms with van der Waals surface area (Å²) >= 11 is 5.12. The number of allylic oxidation sites excluding steroid dienone is 1. The van der Waals surface area contributed by atoms with E-state index < -0.39 is 0 Å². The fourth-order valence-corrected chi connectivity index (χ4v) is 4.53. The van der Waals surface area contributed by atoms with E-state index in [2.05, 4.69) is 15.9 Å². The fourth-order valence-electron chi connectivity index (χ4n) is 3.05. The van der Waals surface area contributed by atoms with Gasteiger partial charge in [-0.25, -0.2) is 0 Å². The standard InChI is InChI=1S/C24H19BrO3S/c1-2-27-20-12-17(13-23-24(26)18-10-6-7-11-22(18)29-23)19(25)14-21(20)28-15-16-8-4-3-5-9-16/h3-14H,2,15H2,1H3/b23-13-. The van der Waals surface area contributed by atoms with Gasteiger partial charge in [0.2, 0.25) is 5.78 Å². The van der Waals surface area contributed by atoms with Gasteiger partial charge in [0.15, 0.2) is 11.5 Å². The molecule has 1 aliphatic heterocycles. The molecule has 0 N–H and O–H groups in total. The number of Topliss-reactive ketones (excluding diaryl/α,β-unsaturated/α-hetero) is 1. The van der Waals surface area contributed by atoms with Crippen LogP contribution in [0.2, 0.25) is 0 Å². The van der Waals surface area contributed by atoms with Crippen LogP contribution in [0.3, 0.4) is 0 Å². The third-order valence-corrected chi connectivity index (χ3v) is 6.25. The van der Waals surface area contributed by atoms with Crippen LogP contribution in [-0.2, 0) is 6.61 Å². The highest BCUT2D eigenvalue weighted by Crippen LogP contribution is 2.42. The van der Waals surface area contributed by atoms with Gasteiger partial charge in [-0.3, -0.25) is 4.79 Å². The second-order valence-corrected chi connectivity index (χ2v) is 8.40. The number of carbonyl (C=O) groups is 1. The SMILES string of the molecule is CCOc1cc(/C=C2\Sc3ccccc3C2=O)c(Br)cc1OCc1ccccc1. The van der Waals surface area contributed by atoms with E-state index in [1.54, 1.807) is 0 Å². The van der Waals surface area contributed by atoms with Gasteiger partial charge < -0.3 is 9.47 Å². The molecule has 0 unspecified atom stereocenters. The Morgan fingerprint density at radius 2 is 1.69 bits per heavy atom. The van der Waals surface area contributed by atoms with E-state index in [9.17, 15) is 4.79 Å². The summed E-state index contributed by atoms with van der Waals surface area (Å²) in [5.74, 6) is 1.38. The zero-order chi connectivity index (χ0) is 20.2. The smallest absolute Gasteiger partial charge is 0.200 e. The Balaban J connectivity index is 1.62. The third kappa shape index (κ3) is 4.41. The number of ether oxygens (including phenoxy) is 2. The Kier molecular flexibility index (Phi) is 6.07. The minimum Gasteiger partial charge on any atom is -0.490 e. The molecule has 0 spiro atoms. The number of fused-ring (bicyclic) bond motifs is 1. The normalized spacial score (nSPS) is 14.1. The highest BCUT2D eigenvalue weighted by molar-refractivity contribution is 9.10. The van der Waals surface area contributed by atoms with Gasteiger partial charge in [-0.15, -0.1) is 0 Å². The van der Waals surface area contributed by atoms with Gasteiger partial charge >= 0.3 is 0 Å². The molecule has 0 aliphatic carbocycles. The van der Waals surface area contributed by atoms with E-state index >= 15 is 0 Å². The lowest BCUT2D eigenvalue weighted by molar-refractivity contribution is 0.104. The molecule has 5 heteroatoms. The van der Waals surface area contributed by atoms with Crippen LogP contribution in [-0.4, -0.2) is 12.4 Å². The zero-order valence-electron chi connectivity index (χ0n) is 15.9. The zero-order valence-corrected chi connectivity index (χ0v) is 18.3. The van der Waals surface area contributed by atoms with Gasteiger partial charge in [-0.2, -0.15) is 0 Å². The summed E-state index contributed by atoms with van der Waals surface area (Å²) in [5, 5.41) is 0. The lowest BCUT2D eigenvalue weighted by atomic mass is 10.1. The van der Waals surface area contributed by atoms with Crippen molar-refractivity contribution in [3.8, 4) is 11.5 Å². The number of hydrogen-bond donors (Lipinski definition) is 0. The number of carbonyl (C=O) groups excluding carboxylic acids is 1. The van der Waals surface area contributed by atoms with Crippen molar-refractivity contribution in [2.24, 2.45) is 0 Å². The van der Waals surface area contributed by atoms with Crippen LogP contribution in [0.1, 0.15) is 28.4 Å². The molecule has 4 rings (SSSR count). The van der Waals surface area contributed by atoms with Crippen LogP contribution in [0.15, 0.2) is 81.0 Å². The first-order valence-corrected chi connectivity index (χ1v) is 10.9. The van der Waals surface area contributed by atoms with E-state index in [1.165, 1.54) is 11.8 Å². The highest BCUT2D eigenvalue weighted by atomic mass is 79.9. The summed E-state index contributed by atoms with van der Waals surface area (Å²) in [4.78, 5) is 14.4. The molecule has 0 radical (unpaired) electrons. The van der Waals surface area contributed by atoms with Gasteiger partial charge in [-0.1, -0.05) is 70.2 Å². The van der Waals surface area contributed by atoms with E-state index in [4.69, 9.17) is 9.47 Å². The van der Waals surface area contributed by atoms with Crippen LogP contribution in [0.25, 0.3) is 6.08 Å². The summed E-state index contributed by atoms with van der Waals surface area (Å²) in [6.45, 7) is 2.92. The number of halogens is 1. The van der Waals surface area contributed by atoms with Crippen molar-refractivity contribution < 1.29 is 14.3 Å². The Labute approximate surface area is 182 Å². The molecule has 0 saturated heterocycles. The van der Waals surface area contributed by atoms with Crippen molar-refractivity contribution in [2.75, 3.05) is 6.61 Å². The second-order valence-electron chi connectivity index (χ2n) is 6.46. The lowest BCUT2D eigenvalue weighted by Crippen LogP contribution is -2.00. The number of hydrogen-bond acceptors (Lipinski definition) is 4. The van der Waals surface area contributed by atoms with Crippen LogP contribution in [0.5, 0.6) is 11.5 Å². The maximum absolute atomic E-state index is 12.7. The molecular formula is C24H19BrO3S. The fraction of sp³-hybridized carbons (Fsp3) is 0.125. The summed E-state index contributed by atoms with van der Waals surface area (Å²) in [6, 6.07) is 21.5. The molecule has 3 aromatic carbocycles. The average molecular weight is 467 g/mol. The molecule has 0 saturated carbocycles. The van der Waals surface area contributed by atoms with E-state index in [0.29, 0.717) is 29.6 Å². The minimum atomic E-state index is 0.0554. The van der Waals surface area contributed by atoms with Gasteiger partial charge in [0.1, 0.15) is 6.61 Å². The molecule has 0 fully saturated rings. The average Bonchev–Trinajstić information content (AvgIpc) is 3.06. The molecule has 146 valence electrons. The van der Waals surface area contributed by atoms with Crippen LogP contribution >= 0.6 is 27.7 Å². The van der Waals surface area contributed by atoms with Crippen molar-refractivity contribution in [1.29, 1.82) is 0 Å². The monoisotopic (exact) mass is 466 g/mol. The van der Waals surface area contributed by atoms with Crippen molar-refractivity contribution in [2.45, 2.75) is 18.4 Å². The number of benzene rings is 3. The van der Waals surface area contributed by atoms with Crippen LogP contribution < -0.4 is 9.47 Å². The quantitative estimate of drug-likeness (QED) is 0.376. The first kappa shape index (κ1) is 19.8. The minimum absolute atomic E-state index is 0.0554. The first-order valence-electron chi connectivity index (χ1n) is 9.32. The molecule has 0 aromatic heterocycles. The Bertz CT molecular complexity index is 1080. The molecule has 0 atom stereocenters. The predicted molar refractivity (Wildman–Crippen MR) is 121 cm³/mol. The van der Waals surface area contributed by atoms with Gasteiger partial charge in [0.25, 0.3) is 0 Å². The molecule has 3 nitrogen and oxygen atoms in total. The van der Waals surface area contributed by atoms with Crippen LogP contribution in [0.4, 0.5) is 0 Å². The molecule has 3 aromatic rings. The van der Waals surface area contributed by atoms with Crippen molar-refractivity contribution >= 4 is 39.6 Å². The van der Waals surface area contributed by atoms with Crippen molar-refractivity contribution in [1.82, 2.24) is 0 Å². The molecule has 29 heavy (non-hydrogen) atoms. The summed E-state index contributed by atoms with van der Waals surface area (Å²) in [7, 11) is 0. The highest BCUT2D eigenvalue weighted by Gasteiger charge is 2.25. The molecule has 0 amide bonds. The van der Waals surface area contributed by atoms with Gasteiger partial charge in [0, 0.05) is 14.9 Å². The van der Waals surface area contributed by atoms with Gasteiger partial charge in [-0.05, 0) is 48.4 Å². The number of rotatable bonds is 6. The summed E-state index contributed by atoms with van der Waals surface area (Å²) < 4.78 is 12.7. The number of thioether (sulfide) groups is 1. The molecular weight excluding hydrogens is 448 g/mol. The van der Waals surface area contributed by atoms with E-state index in [1.807, 2.05) is 79.7 Å².